The monoisotopic (exact) mass is 368 g/mol. The van der Waals surface area contributed by atoms with Crippen LogP contribution in [-0.2, 0) is 13.2 Å². The molecule has 0 aliphatic heterocycles. The van der Waals surface area contributed by atoms with Gasteiger partial charge in [-0.1, -0.05) is 23.4 Å². The Morgan fingerprint density at radius 2 is 2.07 bits per heavy atom. The standard InChI is InChI=1S/C20H24N4O3/c1-5-24-11-10-17(22-24)14(3)21-20(25)19-16(15(4)27-23-19)12-26-18-9-7-6-8-13(18)2/h6-11,14H,5,12H2,1-4H3,(H,21,25). The van der Waals surface area contributed by atoms with Gasteiger partial charge in [0, 0.05) is 12.7 Å². The summed E-state index contributed by atoms with van der Waals surface area (Å²) in [5, 5.41) is 11.3. The number of hydrogen-bond acceptors (Lipinski definition) is 5. The number of nitrogens with one attached hydrogen (secondary N) is 1. The third-order valence-electron chi connectivity index (χ3n) is 4.44. The molecule has 0 spiro atoms. The molecule has 7 heteroatoms. The Hall–Kier alpha value is -3.09. The van der Waals surface area contributed by atoms with Crippen molar-refractivity contribution in [2.75, 3.05) is 0 Å². The van der Waals surface area contributed by atoms with Crippen LogP contribution in [0.4, 0.5) is 0 Å². The van der Waals surface area contributed by atoms with Crippen molar-refractivity contribution in [1.29, 1.82) is 0 Å². The Morgan fingerprint density at radius 1 is 1.30 bits per heavy atom. The average molecular weight is 368 g/mol. The number of amides is 1. The summed E-state index contributed by atoms with van der Waals surface area (Å²) < 4.78 is 12.9. The molecule has 1 amide bonds. The lowest BCUT2D eigenvalue weighted by Crippen LogP contribution is -2.28. The first-order valence-corrected chi connectivity index (χ1v) is 8.97. The van der Waals surface area contributed by atoms with E-state index in [0.717, 1.165) is 23.6 Å². The van der Waals surface area contributed by atoms with Crippen LogP contribution in [0.2, 0.25) is 0 Å². The van der Waals surface area contributed by atoms with Gasteiger partial charge in [-0.2, -0.15) is 5.10 Å². The summed E-state index contributed by atoms with van der Waals surface area (Å²) in [6, 6.07) is 9.38. The van der Waals surface area contributed by atoms with Crippen molar-refractivity contribution in [3.05, 3.63) is 64.8 Å². The van der Waals surface area contributed by atoms with Gasteiger partial charge in [0.05, 0.1) is 17.3 Å². The second-order valence-corrected chi connectivity index (χ2v) is 6.41. The minimum Gasteiger partial charge on any atom is -0.488 e. The molecule has 0 aliphatic rings. The molecule has 3 aromatic rings. The zero-order chi connectivity index (χ0) is 19.4. The number of rotatable bonds is 7. The molecule has 2 aromatic heterocycles. The maximum Gasteiger partial charge on any atom is 0.274 e. The smallest absolute Gasteiger partial charge is 0.274 e. The number of carbonyl (C=O) groups is 1. The van der Waals surface area contributed by atoms with Gasteiger partial charge in [-0.25, -0.2) is 0 Å². The summed E-state index contributed by atoms with van der Waals surface area (Å²) in [6.07, 6.45) is 1.89. The van der Waals surface area contributed by atoms with Crippen LogP contribution in [0, 0.1) is 13.8 Å². The van der Waals surface area contributed by atoms with Gasteiger partial charge < -0.3 is 14.6 Å². The normalized spacial score (nSPS) is 12.0. The molecule has 0 radical (unpaired) electrons. The Balaban J connectivity index is 1.71. The summed E-state index contributed by atoms with van der Waals surface area (Å²) in [5.41, 5.74) is 2.70. The number of hydrogen-bond donors (Lipinski definition) is 1. The van der Waals surface area contributed by atoms with Gasteiger partial charge in [0.15, 0.2) is 5.69 Å². The zero-order valence-corrected chi connectivity index (χ0v) is 16.0. The van der Waals surface area contributed by atoms with E-state index in [-0.39, 0.29) is 24.2 Å². The Bertz CT molecular complexity index is 929. The molecule has 1 atom stereocenters. The maximum absolute atomic E-state index is 12.7. The molecule has 0 fully saturated rings. The van der Waals surface area contributed by atoms with Gasteiger partial charge in [-0.05, 0) is 45.4 Å². The Kier molecular flexibility index (Phi) is 5.59. The van der Waals surface area contributed by atoms with Crippen LogP contribution in [0.5, 0.6) is 5.75 Å². The first-order chi connectivity index (χ1) is 13.0. The number of aromatic nitrogens is 3. The van der Waals surface area contributed by atoms with E-state index in [1.54, 1.807) is 6.92 Å². The van der Waals surface area contributed by atoms with E-state index in [1.807, 2.05) is 62.0 Å². The minimum atomic E-state index is -0.311. The van der Waals surface area contributed by atoms with Gasteiger partial charge in [-0.15, -0.1) is 0 Å². The predicted octanol–water partition coefficient (Wildman–Crippen LogP) is 3.58. The fourth-order valence-electron chi connectivity index (χ4n) is 2.73. The largest absolute Gasteiger partial charge is 0.488 e. The molecule has 0 aliphatic carbocycles. The van der Waals surface area contributed by atoms with Crippen LogP contribution in [-0.4, -0.2) is 20.8 Å². The first-order valence-electron chi connectivity index (χ1n) is 8.97. The van der Waals surface area contributed by atoms with Crippen LogP contribution in [0.15, 0.2) is 41.1 Å². The molecule has 0 saturated carbocycles. The van der Waals surface area contributed by atoms with E-state index in [2.05, 4.69) is 15.6 Å². The minimum absolute atomic E-state index is 0.210. The first kappa shape index (κ1) is 18.7. The van der Waals surface area contributed by atoms with E-state index in [4.69, 9.17) is 9.26 Å². The Labute approximate surface area is 158 Å². The van der Waals surface area contributed by atoms with Crippen LogP contribution in [0.1, 0.15) is 53.0 Å². The molecule has 0 bridgehead atoms. The summed E-state index contributed by atoms with van der Waals surface area (Å²) in [5.74, 6) is 1.02. The lowest BCUT2D eigenvalue weighted by Gasteiger charge is -2.12. The molecule has 2 heterocycles. The molecule has 27 heavy (non-hydrogen) atoms. The van der Waals surface area contributed by atoms with Gasteiger partial charge in [-0.3, -0.25) is 9.48 Å². The van der Waals surface area contributed by atoms with E-state index in [9.17, 15) is 4.79 Å². The third kappa shape index (κ3) is 4.19. The average Bonchev–Trinajstić information content (AvgIpc) is 3.28. The third-order valence-corrected chi connectivity index (χ3v) is 4.44. The summed E-state index contributed by atoms with van der Waals surface area (Å²) in [4.78, 5) is 12.7. The highest BCUT2D eigenvalue weighted by molar-refractivity contribution is 5.94. The fraction of sp³-hybridized carbons (Fsp3) is 0.350. The van der Waals surface area contributed by atoms with E-state index in [0.29, 0.717) is 11.3 Å². The van der Waals surface area contributed by atoms with E-state index in [1.165, 1.54) is 0 Å². The molecule has 7 nitrogen and oxygen atoms in total. The number of para-hydroxylation sites is 1. The van der Waals surface area contributed by atoms with Crippen molar-refractivity contribution >= 4 is 5.91 Å². The van der Waals surface area contributed by atoms with Gasteiger partial charge in [0.2, 0.25) is 0 Å². The zero-order valence-electron chi connectivity index (χ0n) is 16.0. The maximum atomic E-state index is 12.7. The van der Waals surface area contributed by atoms with Crippen molar-refractivity contribution in [1.82, 2.24) is 20.3 Å². The highest BCUT2D eigenvalue weighted by Gasteiger charge is 2.23. The number of benzene rings is 1. The fourth-order valence-corrected chi connectivity index (χ4v) is 2.73. The molecule has 1 N–H and O–H groups in total. The molecule has 0 saturated heterocycles. The van der Waals surface area contributed by atoms with Crippen molar-refractivity contribution in [2.24, 2.45) is 0 Å². The van der Waals surface area contributed by atoms with Crippen molar-refractivity contribution in [3.8, 4) is 5.75 Å². The lowest BCUT2D eigenvalue weighted by atomic mass is 10.1. The molecule has 142 valence electrons. The molecular weight excluding hydrogens is 344 g/mol. The number of nitrogens with zero attached hydrogens (tertiary/aromatic N) is 3. The van der Waals surface area contributed by atoms with Crippen LogP contribution < -0.4 is 10.1 Å². The van der Waals surface area contributed by atoms with Gasteiger partial charge >= 0.3 is 0 Å². The summed E-state index contributed by atoms with van der Waals surface area (Å²) in [7, 11) is 0. The van der Waals surface area contributed by atoms with E-state index >= 15 is 0 Å². The van der Waals surface area contributed by atoms with Crippen LogP contribution in [0.3, 0.4) is 0 Å². The van der Waals surface area contributed by atoms with Crippen molar-refractivity contribution < 1.29 is 14.1 Å². The second-order valence-electron chi connectivity index (χ2n) is 6.41. The van der Waals surface area contributed by atoms with Crippen LogP contribution in [0.25, 0.3) is 0 Å². The SMILES string of the molecule is CCn1ccc(C(C)NC(=O)c2noc(C)c2COc2ccccc2C)n1. The molecular formula is C20H24N4O3. The summed E-state index contributed by atoms with van der Waals surface area (Å²) in [6.45, 7) is 8.63. The predicted molar refractivity (Wildman–Crippen MR) is 101 cm³/mol. The molecule has 1 unspecified atom stereocenters. The number of aryl methyl sites for hydroxylation is 3. The van der Waals surface area contributed by atoms with Crippen molar-refractivity contribution in [3.63, 3.8) is 0 Å². The topological polar surface area (TPSA) is 82.2 Å². The van der Waals surface area contributed by atoms with Crippen LogP contribution >= 0.6 is 0 Å². The lowest BCUT2D eigenvalue weighted by molar-refractivity contribution is 0.0927. The number of carbonyl (C=O) groups excluding carboxylic acids is 1. The van der Waals surface area contributed by atoms with E-state index < -0.39 is 0 Å². The van der Waals surface area contributed by atoms with Gasteiger partial charge in [0.1, 0.15) is 18.1 Å². The summed E-state index contributed by atoms with van der Waals surface area (Å²) >= 11 is 0. The van der Waals surface area contributed by atoms with Crippen molar-refractivity contribution in [2.45, 2.75) is 46.9 Å². The Morgan fingerprint density at radius 3 is 2.78 bits per heavy atom. The molecule has 1 aromatic carbocycles. The number of ether oxygens (including phenoxy) is 1. The quantitative estimate of drug-likeness (QED) is 0.689. The van der Waals surface area contributed by atoms with Gasteiger partial charge in [0.25, 0.3) is 5.91 Å². The second kappa shape index (κ2) is 8.07. The highest BCUT2D eigenvalue weighted by atomic mass is 16.5. The molecule has 3 rings (SSSR count). The highest BCUT2D eigenvalue weighted by Crippen LogP contribution is 2.21.